The largest absolute Gasteiger partial charge is 0.437 e. The van der Waals surface area contributed by atoms with Crippen molar-refractivity contribution in [2.45, 2.75) is 5.88 Å². The number of alkyl halides is 1. The van der Waals surface area contributed by atoms with Gasteiger partial charge in [0.05, 0.1) is 10.0 Å². The molecule has 6 heteroatoms. The molecule has 0 aliphatic heterocycles. The minimum atomic E-state index is 0.397. The summed E-state index contributed by atoms with van der Waals surface area (Å²) in [6.45, 7) is 0. The van der Waals surface area contributed by atoms with Gasteiger partial charge in [-0.3, -0.25) is 0 Å². The van der Waals surface area contributed by atoms with Crippen molar-refractivity contribution in [1.82, 2.24) is 4.98 Å². The first kappa shape index (κ1) is 13.9. The molecular formula is C12H7BrCl3NO. The molecule has 0 spiro atoms. The number of hydrogen-bond acceptors (Lipinski definition) is 2. The standard InChI is InChI=1S/C12H7BrCl3NO/c13-8-4-10(16)11(5-9(8)15)18-12-3-7(6-14)1-2-17-12/h1-5H,6H2. The van der Waals surface area contributed by atoms with E-state index in [9.17, 15) is 0 Å². The van der Waals surface area contributed by atoms with Crippen LogP contribution < -0.4 is 4.74 Å². The van der Waals surface area contributed by atoms with E-state index in [2.05, 4.69) is 20.9 Å². The van der Waals surface area contributed by atoms with Crippen molar-refractivity contribution in [3.63, 3.8) is 0 Å². The molecule has 0 amide bonds. The van der Waals surface area contributed by atoms with Crippen LogP contribution in [0.1, 0.15) is 5.56 Å². The highest BCUT2D eigenvalue weighted by Gasteiger charge is 2.08. The van der Waals surface area contributed by atoms with Crippen molar-refractivity contribution in [3.05, 3.63) is 50.5 Å². The molecule has 1 heterocycles. The Morgan fingerprint density at radius 3 is 2.67 bits per heavy atom. The SMILES string of the molecule is ClCc1ccnc(Oc2cc(Cl)c(Br)cc2Cl)c1. The average Bonchev–Trinajstić information content (AvgIpc) is 2.36. The third-order valence-electron chi connectivity index (χ3n) is 2.14. The van der Waals surface area contributed by atoms with Crippen molar-refractivity contribution >= 4 is 50.7 Å². The maximum atomic E-state index is 6.06. The summed E-state index contributed by atoms with van der Waals surface area (Å²) < 4.78 is 6.29. The normalized spacial score (nSPS) is 10.4. The van der Waals surface area contributed by atoms with Crippen LogP contribution >= 0.6 is 50.7 Å². The topological polar surface area (TPSA) is 22.1 Å². The van der Waals surface area contributed by atoms with Gasteiger partial charge in [0.15, 0.2) is 0 Å². The fourth-order valence-corrected chi connectivity index (χ4v) is 2.28. The Morgan fingerprint density at radius 1 is 1.17 bits per heavy atom. The Balaban J connectivity index is 2.30. The Hall–Kier alpha value is -0.480. The fraction of sp³-hybridized carbons (Fsp3) is 0.0833. The van der Waals surface area contributed by atoms with Gasteiger partial charge in [-0.05, 0) is 33.6 Å². The van der Waals surface area contributed by atoms with E-state index in [0.29, 0.717) is 32.0 Å². The summed E-state index contributed by atoms with van der Waals surface area (Å²) >= 11 is 21.1. The lowest BCUT2D eigenvalue weighted by Gasteiger charge is -2.08. The molecule has 94 valence electrons. The van der Waals surface area contributed by atoms with Gasteiger partial charge in [-0.2, -0.15) is 0 Å². The molecule has 2 rings (SSSR count). The fourth-order valence-electron chi connectivity index (χ4n) is 1.28. The van der Waals surface area contributed by atoms with E-state index in [-0.39, 0.29) is 0 Å². The monoisotopic (exact) mass is 365 g/mol. The lowest BCUT2D eigenvalue weighted by atomic mass is 10.3. The zero-order chi connectivity index (χ0) is 13.1. The van der Waals surface area contributed by atoms with Crippen molar-refractivity contribution in [2.75, 3.05) is 0 Å². The molecule has 2 aromatic rings. The number of aromatic nitrogens is 1. The van der Waals surface area contributed by atoms with Crippen LogP contribution in [-0.4, -0.2) is 4.98 Å². The van der Waals surface area contributed by atoms with Gasteiger partial charge in [-0.15, -0.1) is 11.6 Å². The van der Waals surface area contributed by atoms with E-state index in [1.54, 1.807) is 24.4 Å². The lowest BCUT2D eigenvalue weighted by Crippen LogP contribution is -1.90. The zero-order valence-electron chi connectivity index (χ0n) is 8.96. The van der Waals surface area contributed by atoms with Crippen LogP contribution in [0.4, 0.5) is 0 Å². The molecule has 0 atom stereocenters. The second-order valence-electron chi connectivity index (χ2n) is 3.43. The number of rotatable bonds is 3. The second-order valence-corrected chi connectivity index (χ2v) is 5.37. The Bertz CT molecular complexity index is 577. The summed E-state index contributed by atoms with van der Waals surface area (Å²) in [6, 6.07) is 6.86. The lowest BCUT2D eigenvalue weighted by molar-refractivity contribution is 0.462. The summed E-state index contributed by atoms with van der Waals surface area (Å²) in [5.41, 5.74) is 0.918. The van der Waals surface area contributed by atoms with Gasteiger partial charge in [0.25, 0.3) is 0 Å². The summed E-state index contributed by atoms with van der Waals surface area (Å²) in [6.07, 6.45) is 1.63. The molecule has 0 saturated heterocycles. The molecule has 1 aromatic heterocycles. The number of nitrogens with zero attached hydrogens (tertiary/aromatic N) is 1. The highest BCUT2D eigenvalue weighted by Crippen LogP contribution is 2.36. The first-order valence-electron chi connectivity index (χ1n) is 4.93. The number of hydrogen-bond donors (Lipinski definition) is 0. The molecule has 0 saturated carbocycles. The van der Waals surface area contributed by atoms with E-state index in [0.717, 1.165) is 5.56 Å². The van der Waals surface area contributed by atoms with Crippen LogP contribution in [-0.2, 0) is 5.88 Å². The first-order chi connectivity index (χ1) is 8.60. The van der Waals surface area contributed by atoms with Gasteiger partial charge < -0.3 is 4.74 Å². The zero-order valence-corrected chi connectivity index (χ0v) is 12.8. The molecule has 0 aliphatic rings. The van der Waals surface area contributed by atoms with Crippen LogP contribution in [0, 0.1) is 0 Å². The van der Waals surface area contributed by atoms with E-state index >= 15 is 0 Å². The van der Waals surface area contributed by atoms with Crippen LogP contribution in [0.3, 0.4) is 0 Å². The average molecular weight is 367 g/mol. The highest BCUT2D eigenvalue weighted by atomic mass is 79.9. The summed E-state index contributed by atoms with van der Waals surface area (Å²) in [7, 11) is 0. The van der Waals surface area contributed by atoms with Crippen LogP contribution in [0.5, 0.6) is 11.6 Å². The van der Waals surface area contributed by atoms with Crippen molar-refractivity contribution in [2.24, 2.45) is 0 Å². The third-order valence-corrected chi connectivity index (χ3v) is 3.94. The number of ether oxygens (including phenoxy) is 1. The molecule has 0 aliphatic carbocycles. The summed E-state index contributed by atoms with van der Waals surface area (Å²) in [5.74, 6) is 1.27. The summed E-state index contributed by atoms with van der Waals surface area (Å²) in [5, 5.41) is 0.965. The van der Waals surface area contributed by atoms with Gasteiger partial charge >= 0.3 is 0 Å². The molecule has 0 fully saturated rings. The quantitative estimate of drug-likeness (QED) is 0.514. The number of halogens is 4. The van der Waals surface area contributed by atoms with Gasteiger partial charge in [-0.1, -0.05) is 23.2 Å². The van der Waals surface area contributed by atoms with Crippen LogP contribution in [0.15, 0.2) is 34.9 Å². The van der Waals surface area contributed by atoms with E-state index in [4.69, 9.17) is 39.5 Å². The molecule has 0 unspecified atom stereocenters. The molecule has 18 heavy (non-hydrogen) atoms. The molecular weight excluding hydrogens is 360 g/mol. The molecule has 0 bridgehead atoms. The minimum absolute atomic E-state index is 0.397. The van der Waals surface area contributed by atoms with Crippen molar-refractivity contribution in [3.8, 4) is 11.6 Å². The predicted molar refractivity (Wildman–Crippen MR) is 78.0 cm³/mol. The first-order valence-corrected chi connectivity index (χ1v) is 7.02. The van der Waals surface area contributed by atoms with Gasteiger partial charge in [0, 0.05) is 28.7 Å². The summed E-state index contributed by atoms with van der Waals surface area (Å²) in [4.78, 5) is 4.08. The van der Waals surface area contributed by atoms with Crippen molar-refractivity contribution in [1.29, 1.82) is 0 Å². The van der Waals surface area contributed by atoms with E-state index in [1.807, 2.05) is 6.07 Å². The minimum Gasteiger partial charge on any atom is -0.437 e. The maximum absolute atomic E-state index is 6.06. The predicted octanol–water partition coefficient (Wildman–Crippen LogP) is 5.68. The van der Waals surface area contributed by atoms with Crippen molar-refractivity contribution < 1.29 is 4.74 Å². The Labute approximate surface area is 128 Å². The Morgan fingerprint density at radius 2 is 1.94 bits per heavy atom. The number of benzene rings is 1. The third kappa shape index (κ3) is 3.29. The van der Waals surface area contributed by atoms with Gasteiger partial charge in [0.1, 0.15) is 5.75 Å². The maximum Gasteiger partial charge on any atom is 0.219 e. The molecule has 0 N–H and O–H groups in total. The van der Waals surface area contributed by atoms with Crippen LogP contribution in [0.25, 0.3) is 0 Å². The van der Waals surface area contributed by atoms with Crippen LogP contribution in [0.2, 0.25) is 10.0 Å². The second kappa shape index (κ2) is 6.11. The highest BCUT2D eigenvalue weighted by molar-refractivity contribution is 9.10. The van der Waals surface area contributed by atoms with E-state index in [1.165, 1.54) is 0 Å². The Kier molecular flexibility index (Phi) is 4.73. The van der Waals surface area contributed by atoms with Gasteiger partial charge in [0.2, 0.25) is 5.88 Å². The molecule has 1 aromatic carbocycles. The van der Waals surface area contributed by atoms with E-state index < -0.39 is 0 Å². The van der Waals surface area contributed by atoms with Gasteiger partial charge in [-0.25, -0.2) is 4.98 Å². The smallest absolute Gasteiger partial charge is 0.219 e. The number of pyridine rings is 1. The molecule has 0 radical (unpaired) electrons. The molecule has 2 nitrogen and oxygen atoms in total.